The summed E-state index contributed by atoms with van der Waals surface area (Å²) in [6, 6.07) is 0. The molecule has 0 aromatic rings. The third kappa shape index (κ3) is 1.09. The Morgan fingerprint density at radius 3 is 2.83 bits per heavy atom. The van der Waals surface area contributed by atoms with Crippen LogP contribution in [0, 0.1) is 5.92 Å². The Hall–Kier alpha value is -0.0800. The molecule has 0 aromatic heterocycles. The van der Waals surface area contributed by atoms with Crippen LogP contribution in [0.4, 0.5) is 0 Å². The Morgan fingerprint density at radius 2 is 2.33 bits per heavy atom. The highest BCUT2D eigenvalue weighted by molar-refractivity contribution is 5.16. The van der Waals surface area contributed by atoms with Crippen molar-refractivity contribution < 1.29 is 9.84 Å². The molecule has 1 saturated carbocycles. The number of hydrogen-bond acceptors (Lipinski definition) is 2. The lowest BCUT2D eigenvalue weighted by Gasteiger charge is -2.29. The van der Waals surface area contributed by atoms with Crippen LogP contribution in [0.25, 0.3) is 0 Å². The molecule has 2 heteroatoms. The summed E-state index contributed by atoms with van der Waals surface area (Å²) >= 11 is 0. The van der Waals surface area contributed by atoms with Crippen LogP contribution in [-0.4, -0.2) is 23.4 Å². The summed E-state index contributed by atoms with van der Waals surface area (Å²) in [5.41, 5.74) is 0.157. The molecule has 0 bridgehead atoms. The number of aliphatic hydroxyl groups excluding tert-OH is 1. The number of aliphatic hydroxyl groups is 1. The summed E-state index contributed by atoms with van der Waals surface area (Å²) in [5.74, 6) is 0.458. The van der Waals surface area contributed by atoms with E-state index in [1.54, 1.807) is 0 Å². The molecule has 2 fully saturated rings. The third-order valence-electron chi connectivity index (χ3n) is 3.43. The van der Waals surface area contributed by atoms with E-state index < -0.39 is 0 Å². The van der Waals surface area contributed by atoms with Gasteiger partial charge in [-0.1, -0.05) is 26.2 Å². The summed E-state index contributed by atoms with van der Waals surface area (Å²) in [5, 5.41) is 9.02. The van der Waals surface area contributed by atoms with E-state index in [-0.39, 0.29) is 5.60 Å². The summed E-state index contributed by atoms with van der Waals surface area (Å²) in [4.78, 5) is 0. The van der Waals surface area contributed by atoms with Gasteiger partial charge in [-0.25, -0.2) is 0 Å². The molecule has 0 aromatic carbocycles. The predicted molar refractivity (Wildman–Crippen MR) is 46.9 cm³/mol. The molecule has 1 aliphatic heterocycles. The van der Waals surface area contributed by atoms with Crippen LogP contribution in [0.3, 0.4) is 0 Å². The van der Waals surface area contributed by atoms with E-state index in [4.69, 9.17) is 9.84 Å². The van der Waals surface area contributed by atoms with Crippen molar-refractivity contribution in [2.45, 2.75) is 50.7 Å². The van der Waals surface area contributed by atoms with Gasteiger partial charge in [-0.3, -0.25) is 0 Å². The van der Waals surface area contributed by atoms with Crippen molar-refractivity contribution in [3.05, 3.63) is 0 Å². The molecule has 1 N–H and O–H groups in total. The summed E-state index contributed by atoms with van der Waals surface area (Å²) in [6.07, 6.45) is 6.63. The van der Waals surface area contributed by atoms with Crippen LogP contribution in [-0.2, 0) is 4.74 Å². The van der Waals surface area contributed by atoms with Gasteiger partial charge in [-0.15, -0.1) is 0 Å². The van der Waals surface area contributed by atoms with Gasteiger partial charge in [0.15, 0.2) is 0 Å². The maximum absolute atomic E-state index is 9.02. The molecule has 1 heterocycles. The van der Waals surface area contributed by atoms with Crippen molar-refractivity contribution in [2.24, 2.45) is 5.92 Å². The standard InChI is InChI=1S/C10H18O2/c1-2-3-4-5-10-8(7-11)6-9(10)12-10/h8-9,11H,2-7H2,1H3. The highest BCUT2D eigenvalue weighted by Gasteiger charge is 2.69. The Bertz CT molecular complexity index is 169. The quantitative estimate of drug-likeness (QED) is 0.503. The van der Waals surface area contributed by atoms with Gasteiger partial charge in [0.2, 0.25) is 0 Å². The van der Waals surface area contributed by atoms with Crippen molar-refractivity contribution >= 4 is 0 Å². The van der Waals surface area contributed by atoms with Gasteiger partial charge in [-0.2, -0.15) is 0 Å². The molecule has 0 spiro atoms. The van der Waals surface area contributed by atoms with E-state index in [1.807, 2.05) is 0 Å². The second-order valence-electron chi connectivity index (χ2n) is 4.13. The Labute approximate surface area is 73.9 Å². The molecule has 0 radical (unpaired) electrons. The predicted octanol–water partition coefficient (Wildman–Crippen LogP) is 1.72. The average Bonchev–Trinajstić information content (AvgIpc) is 2.61. The number of epoxide rings is 1. The molecule has 12 heavy (non-hydrogen) atoms. The normalized spacial score (nSPS) is 43.5. The SMILES string of the molecule is CCCCCC12OC1CC2CO. The molecule has 2 rings (SSSR count). The van der Waals surface area contributed by atoms with E-state index in [1.165, 1.54) is 25.7 Å². The summed E-state index contributed by atoms with van der Waals surface area (Å²) in [6.45, 7) is 2.54. The van der Waals surface area contributed by atoms with E-state index in [0.29, 0.717) is 18.6 Å². The number of ether oxygens (including phenoxy) is 1. The fourth-order valence-corrected chi connectivity index (χ4v) is 2.44. The zero-order chi connectivity index (χ0) is 8.60. The van der Waals surface area contributed by atoms with Crippen LogP contribution in [0.2, 0.25) is 0 Å². The molecule has 2 nitrogen and oxygen atoms in total. The largest absolute Gasteiger partial charge is 0.396 e. The first kappa shape index (κ1) is 8.52. The number of unbranched alkanes of at least 4 members (excludes halogenated alkanes) is 2. The first-order chi connectivity index (χ1) is 5.83. The minimum Gasteiger partial charge on any atom is -0.396 e. The molecule has 3 atom stereocenters. The second-order valence-corrected chi connectivity index (χ2v) is 4.13. The number of fused-ring (bicyclic) bond motifs is 1. The molecule has 0 amide bonds. The van der Waals surface area contributed by atoms with Gasteiger partial charge < -0.3 is 9.84 Å². The Kier molecular flexibility index (Phi) is 2.13. The molecular weight excluding hydrogens is 152 g/mol. The Morgan fingerprint density at radius 1 is 1.50 bits per heavy atom. The molecule has 1 saturated heterocycles. The van der Waals surface area contributed by atoms with Gasteiger partial charge in [0.05, 0.1) is 11.7 Å². The van der Waals surface area contributed by atoms with Crippen molar-refractivity contribution in [1.82, 2.24) is 0 Å². The van der Waals surface area contributed by atoms with Crippen molar-refractivity contribution in [2.75, 3.05) is 6.61 Å². The van der Waals surface area contributed by atoms with Crippen molar-refractivity contribution in [1.29, 1.82) is 0 Å². The van der Waals surface area contributed by atoms with E-state index in [9.17, 15) is 0 Å². The van der Waals surface area contributed by atoms with Gasteiger partial charge >= 0.3 is 0 Å². The van der Waals surface area contributed by atoms with Crippen LogP contribution < -0.4 is 0 Å². The Balaban J connectivity index is 1.73. The smallest absolute Gasteiger partial charge is 0.0999 e. The topological polar surface area (TPSA) is 32.8 Å². The lowest BCUT2D eigenvalue weighted by molar-refractivity contribution is 0.116. The van der Waals surface area contributed by atoms with Gasteiger partial charge in [0, 0.05) is 12.5 Å². The van der Waals surface area contributed by atoms with Crippen LogP contribution in [0.5, 0.6) is 0 Å². The highest BCUT2D eigenvalue weighted by Crippen LogP contribution is 2.60. The maximum Gasteiger partial charge on any atom is 0.0999 e. The lowest BCUT2D eigenvalue weighted by atomic mass is 9.71. The van der Waals surface area contributed by atoms with E-state index in [0.717, 1.165) is 6.42 Å². The van der Waals surface area contributed by atoms with Gasteiger partial charge in [0.25, 0.3) is 0 Å². The third-order valence-corrected chi connectivity index (χ3v) is 3.43. The summed E-state index contributed by atoms with van der Waals surface area (Å²) in [7, 11) is 0. The maximum atomic E-state index is 9.02. The minimum atomic E-state index is 0.157. The molecule has 70 valence electrons. The first-order valence-electron chi connectivity index (χ1n) is 5.12. The second kappa shape index (κ2) is 3.00. The molecule has 3 unspecified atom stereocenters. The highest BCUT2D eigenvalue weighted by atomic mass is 16.6. The van der Waals surface area contributed by atoms with Gasteiger partial charge in [-0.05, 0) is 12.8 Å². The number of rotatable bonds is 5. The van der Waals surface area contributed by atoms with Crippen molar-refractivity contribution in [3.8, 4) is 0 Å². The van der Waals surface area contributed by atoms with Crippen LogP contribution in [0.1, 0.15) is 39.0 Å². The zero-order valence-electron chi connectivity index (χ0n) is 7.75. The average molecular weight is 170 g/mol. The molecule has 1 aliphatic carbocycles. The van der Waals surface area contributed by atoms with E-state index >= 15 is 0 Å². The van der Waals surface area contributed by atoms with Gasteiger partial charge in [0.1, 0.15) is 0 Å². The molecular formula is C10H18O2. The number of hydrogen-bond donors (Lipinski definition) is 1. The van der Waals surface area contributed by atoms with E-state index in [2.05, 4.69) is 6.92 Å². The fourth-order valence-electron chi connectivity index (χ4n) is 2.44. The zero-order valence-corrected chi connectivity index (χ0v) is 7.75. The lowest BCUT2D eigenvalue weighted by Crippen LogP contribution is -2.39. The summed E-state index contributed by atoms with van der Waals surface area (Å²) < 4.78 is 5.61. The van der Waals surface area contributed by atoms with Crippen molar-refractivity contribution in [3.63, 3.8) is 0 Å². The minimum absolute atomic E-state index is 0.157. The van der Waals surface area contributed by atoms with Crippen LogP contribution >= 0.6 is 0 Å². The monoisotopic (exact) mass is 170 g/mol. The fraction of sp³-hybridized carbons (Fsp3) is 1.00. The van der Waals surface area contributed by atoms with Crippen LogP contribution in [0.15, 0.2) is 0 Å². The first-order valence-corrected chi connectivity index (χ1v) is 5.12. The molecule has 2 aliphatic rings.